The van der Waals surface area contributed by atoms with Crippen molar-refractivity contribution >= 4 is 11.6 Å². The number of ether oxygens (including phenoxy) is 2. The summed E-state index contributed by atoms with van der Waals surface area (Å²) < 4.78 is 11.9. The molecule has 0 fully saturated rings. The van der Waals surface area contributed by atoms with Crippen LogP contribution in [0.4, 0.5) is 5.69 Å². The van der Waals surface area contributed by atoms with Crippen LogP contribution in [0.5, 0.6) is 11.5 Å². The third-order valence-corrected chi connectivity index (χ3v) is 4.23. The highest BCUT2D eigenvalue weighted by atomic mass is 16.5. The number of nitrogens with zero attached hydrogens (tertiary/aromatic N) is 1. The van der Waals surface area contributed by atoms with Crippen LogP contribution in [0, 0.1) is 20.8 Å². The van der Waals surface area contributed by atoms with Crippen molar-refractivity contribution in [2.45, 2.75) is 27.7 Å². The molecule has 142 valence electrons. The van der Waals surface area contributed by atoms with E-state index in [-0.39, 0.29) is 0 Å². The lowest BCUT2D eigenvalue weighted by Crippen LogP contribution is -2.11. The molecule has 0 radical (unpaired) electrons. The molecule has 0 unspecified atom stereocenters. The molecular formula is C25H25NO2. The summed E-state index contributed by atoms with van der Waals surface area (Å²) in [6.45, 7) is 8.07. The van der Waals surface area contributed by atoms with E-state index in [0.29, 0.717) is 5.90 Å². The molecular weight excluding hydrogens is 346 g/mol. The van der Waals surface area contributed by atoms with Crippen LogP contribution >= 0.6 is 0 Å². The highest BCUT2D eigenvalue weighted by molar-refractivity contribution is 5.96. The van der Waals surface area contributed by atoms with Crippen molar-refractivity contribution in [2.24, 2.45) is 4.99 Å². The second-order valence-electron chi connectivity index (χ2n) is 6.90. The van der Waals surface area contributed by atoms with Gasteiger partial charge in [-0.25, -0.2) is 4.99 Å². The quantitative estimate of drug-likeness (QED) is 0.284. The first-order chi connectivity index (χ1) is 13.5. The molecule has 28 heavy (non-hydrogen) atoms. The standard InChI is InChI=1S/C25H25NO2/c1-18-5-11-22(12-6-18)26-25(28-24-15-9-20(3)10-16-24)21(4)17-27-23-13-7-19(2)8-14-23/h5-17H,1-4H3/b21-17+,26-25?. The van der Waals surface area contributed by atoms with Gasteiger partial charge in [0.05, 0.1) is 11.9 Å². The fourth-order valence-electron chi connectivity index (χ4n) is 2.47. The Labute approximate surface area is 167 Å². The van der Waals surface area contributed by atoms with Crippen LogP contribution in [0.2, 0.25) is 0 Å². The Bertz CT molecular complexity index is 967. The van der Waals surface area contributed by atoms with Gasteiger partial charge in [0, 0.05) is 5.57 Å². The smallest absolute Gasteiger partial charge is 0.225 e. The van der Waals surface area contributed by atoms with E-state index in [4.69, 9.17) is 9.47 Å². The molecule has 0 aliphatic carbocycles. The average molecular weight is 371 g/mol. The molecule has 0 spiro atoms. The van der Waals surface area contributed by atoms with Crippen LogP contribution in [0.1, 0.15) is 23.6 Å². The molecule has 0 heterocycles. The SMILES string of the molecule is C/C(=C\Oc1ccc(C)cc1)C(=Nc1ccc(C)cc1)Oc1ccc(C)cc1. The van der Waals surface area contributed by atoms with Gasteiger partial charge in [-0.05, 0) is 64.1 Å². The van der Waals surface area contributed by atoms with Crippen LogP contribution in [-0.4, -0.2) is 5.90 Å². The van der Waals surface area contributed by atoms with E-state index in [9.17, 15) is 0 Å². The zero-order valence-corrected chi connectivity index (χ0v) is 16.8. The fraction of sp³-hybridized carbons (Fsp3) is 0.160. The second-order valence-corrected chi connectivity index (χ2v) is 6.90. The summed E-state index contributed by atoms with van der Waals surface area (Å²) in [7, 11) is 0. The summed E-state index contributed by atoms with van der Waals surface area (Å²) in [6, 6.07) is 23.8. The molecule has 3 aromatic carbocycles. The largest absolute Gasteiger partial charge is 0.465 e. The Kier molecular flexibility index (Phi) is 6.28. The van der Waals surface area contributed by atoms with E-state index in [1.165, 1.54) is 16.7 Å². The predicted molar refractivity (Wildman–Crippen MR) is 116 cm³/mol. The average Bonchev–Trinajstić information content (AvgIpc) is 2.70. The maximum atomic E-state index is 6.07. The predicted octanol–water partition coefficient (Wildman–Crippen LogP) is 6.70. The molecule has 0 aliphatic heterocycles. The molecule has 3 nitrogen and oxygen atoms in total. The van der Waals surface area contributed by atoms with Gasteiger partial charge in [-0.3, -0.25) is 0 Å². The Morgan fingerprint density at radius 3 is 1.68 bits per heavy atom. The van der Waals surface area contributed by atoms with Crippen molar-refractivity contribution in [3.05, 3.63) is 101 Å². The van der Waals surface area contributed by atoms with Gasteiger partial charge in [-0.1, -0.05) is 53.1 Å². The Balaban J connectivity index is 1.87. The zero-order chi connectivity index (χ0) is 19.9. The molecule has 0 saturated carbocycles. The third kappa shape index (κ3) is 5.58. The summed E-state index contributed by atoms with van der Waals surface area (Å²) in [5.74, 6) is 2.01. The maximum Gasteiger partial charge on any atom is 0.225 e. The monoisotopic (exact) mass is 371 g/mol. The number of aliphatic imine (C=N–C) groups is 1. The molecule has 0 N–H and O–H groups in total. The second kappa shape index (κ2) is 9.05. The Morgan fingerprint density at radius 2 is 1.14 bits per heavy atom. The first kappa shape index (κ1) is 19.4. The Morgan fingerprint density at radius 1 is 0.679 bits per heavy atom. The summed E-state index contributed by atoms with van der Waals surface area (Å²) in [4.78, 5) is 4.69. The number of aryl methyl sites for hydroxylation is 3. The fourth-order valence-corrected chi connectivity index (χ4v) is 2.47. The number of hydrogen-bond donors (Lipinski definition) is 0. The summed E-state index contributed by atoms with van der Waals surface area (Å²) in [5, 5.41) is 0. The van der Waals surface area contributed by atoms with Crippen molar-refractivity contribution < 1.29 is 9.47 Å². The highest BCUT2D eigenvalue weighted by Gasteiger charge is 2.08. The van der Waals surface area contributed by atoms with Crippen LogP contribution in [0.3, 0.4) is 0 Å². The van der Waals surface area contributed by atoms with Crippen molar-refractivity contribution in [1.29, 1.82) is 0 Å². The van der Waals surface area contributed by atoms with Gasteiger partial charge in [0.25, 0.3) is 0 Å². The van der Waals surface area contributed by atoms with Crippen molar-refractivity contribution in [3.63, 3.8) is 0 Å². The van der Waals surface area contributed by atoms with E-state index in [2.05, 4.69) is 11.9 Å². The lowest BCUT2D eigenvalue weighted by Gasteiger charge is -2.11. The van der Waals surface area contributed by atoms with Gasteiger partial charge in [-0.2, -0.15) is 0 Å². The molecule has 0 aromatic heterocycles. The van der Waals surface area contributed by atoms with Gasteiger partial charge in [0.2, 0.25) is 5.90 Å². The molecule has 0 aliphatic rings. The Hall–Kier alpha value is -3.33. The molecule has 3 rings (SSSR count). The van der Waals surface area contributed by atoms with E-state index in [1.807, 2.05) is 93.6 Å². The first-order valence-corrected chi connectivity index (χ1v) is 9.30. The molecule has 0 saturated heterocycles. The minimum absolute atomic E-state index is 0.500. The van der Waals surface area contributed by atoms with Gasteiger partial charge >= 0.3 is 0 Å². The van der Waals surface area contributed by atoms with Crippen LogP contribution < -0.4 is 9.47 Å². The van der Waals surface area contributed by atoms with Crippen molar-refractivity contribution in [2.75, 3.05) is 0 Å². The van der Waals surface area contributed by atoms with Gasteiger partial charge < -0.3 is 9.47 Å². The van der Waals surface area contributed by atoms with Crippen LogP contribution in [-0.2, 0) is 0 Å². The normalized spacial score (nSPS) is 12.0. The number of hydrogen-bond acceptors (Lipinski definition) is 3. The van der Waals surface area contributed by atoms with Crippen molar-refractivity contribution in [1.82, 2.24) is 0 Å². The van der Waals surface area contributed by atoms with Crippen LogP contribution in [0.15, 0.2) is 89.6 Å². The minimum atomic E-state index is 0.500. The first-order valence-electron chi connectivity index (χ1n) is 9.30. The molecule has 0 amide bonds. The van der Waals surface area contributed by atoms with Gasteiger partial charge in [0.1, 0.15) is 11.5 Å². The summed E-state index contributed by atoms with van der Waals surface area (Å²) in [6.07, 6.45) is 1.67. The van der Waals surface area contributed by atoms with Crippen molar-refractivity contribution in [3.8, 4) is 11.5 Å². The molecule has 0 bridgehead atoms. The van der Waals surface area contributed by atoms with E-state index >= 15 is 0 Å². The van der Waals surface area contributed by atoms with Crippen LogP contribution in [0.25, 0.3) is 0 Å². The van der Waals surface area contributed by atoms with E-state index in [1.54, 1.807) is 6.26 Å². The highest BCUT2D eigenvalue weighted by Crippen LogP contribution is 2.19. The molecule has 3 aromatic rings. The summed E-state index contributed by atoms with van der Waals surface area (Å²) in [5.41, 5.74) is 5.18. The van der Waals surface area contributed by atoms with Gasteiger partial charge in [0.15, 0.2) is 0 Å². The third-order valence-electron chi connectivity index (χ3n) is 4.23. The maximum absolute atomic E-state index is 6.07. The molecule has 3 heteroatoms. The number of benzene rings is 3. The number of rotatable bonds is 5. The minimum Gasteiger partial charge on any atom is -0.465 e. The topological polar surface area (TPSA) is 30.8 Å². The van der Waals surface area contributed by atoms with E-state index in [0.717, 1.165) is 22.8 Å². The lowest BCUT2D eigenvalue weighted by molar-refractivity contribution is 0.473. The zero-order valence-electron chi connectivity index (χ0n) is 16.8. The van der Waals surface area contributed by atoms with Gasteiger partial charge in [-0.15, -0.1) is 0 Å². The molecule has 0 atom stereocenters. The summed E-state index contributed by atoms with van der Waals surface area (Å²) >= 11 is 0. The van der Waals surface area contributed by atoms with E-state index < -0.39 is 0 Å². The lowest BCUT2D eigenvalue weighted by atomic mass is 10.2.